The van der Waals surface area contributed by atoms with Gasteiger partial charge in [-0.25, -0.2) is 4.79 Å². The lowest BCUT2D eigenvalue weighted by Crippen LogP contribution is -2.52. The van der Waals surface area contributed by atoms with E-state index in [-0.39, 0.29) is 18.1 Å². The standard InChI is InChI=1S/C13H26N4O3/c1-3-15-13(19)16-12(18)10(2)17-7-4-11(5-8-17)20-9-6-14/h10-11H,3-9,14H2,1-2H3,(H2,15,16,18,19). The highest BCUT2D eigenvalue weighted by atomic mass is 16.5. The van der Waals surface area contributed by atoms with Gasteiger partial charge in [-0.05, 0) is 26.7 Å². The van der Waals surface area contributed by atoms with Crippen LogP contribution in [0.4, 0.5) is 4.79 Å². The van der Waals surface area contributed by atoms with Gasteiger partial charge in [-0.3, -0.25) is 15.0 Å². The maximum Gasteiger partial charge on any atom is 0.321 e. The second kappa shape index (κ2) is 8.89. The van der Waals surface area contributed by atoms with Crippen LogP contribution in [0.5, 0.6) is 0 Å². The average molecular weight is 286 g/mol. The van der Waals surface area contributed by atoms with Crippen LogP contribution in [0.1, 0.15) is 26.7 Å². The summed E-state index contributed by atoms with van der Waals surface area (Å²) in [5.41, 5.74) is 5.41. The largest absolute Gasteiger partial charge is 0.377 e. The number of amides is 3. The van der Waals surface area contributed by atoms with Crippen molar-refractivity contribution in [2.45, 2.75) is 38.8 Å². The molecular formula is C13H26N4O3. The lowest BCUT2D eigenvalue weighted by atomic mass is 10.1. The summed E-state index contributed by atoms with van der Waals surface area (Å²) in [7, 11) is 0. The number of piperidine rings is 1. The summed E-state index contributed by atoms with van der Waals surface area (Å²) in [4.78, 5) is 25.3. The van der Waals surface area contributed by atoms with Gasteiger partial charge in [-0.15, -0.1) is 0 Å². The Balaban J connectivity index is 2.32. The van der Waals surface area contributed by atoms with Crippen LogP contribution < -0.4 is 16.4 Å². The second-order valence-electron chi connectivity index (χ2n) is 4.92. The van der Waals surface area contributed by atoms with Crippen molar-refractivity contribution in [3.05, 3.63) is 0 Å². The van der Waals surface area contributed by atoms with Gasteiger partial charge in [0.15, 0.2) is 0 Å². The molecule has 4 N–H and O–H groups in total. The highest BCUT2D eigenvalue weighted by molar-refractivity contribution is 5.96. The molecule has 0 aromatic heterocycles. The van der Waals surface area contributed by atoms with Gasteiger partial charge in [0, 0.05) is 26.2 Å². The van der Waals surface area contributed by atoms with Gasteiger partial charge < -0.3 is 15.8 Å². The Kier molecular flexibility index (Phi) is 7.50. The van der Waals surface area contributed by atoms with Crippen LogP contribution in [0.2, 0.25) is 0 Å². The molecule has 0 aromatic rings. The van der Waals surface area contributed by atoms with Crippen LogP contribution >= 0.6 is 0 Å². The first-order valence-corrected chi connectivity index (χ1v) is 7.22. The average Bonchev–Trinajstić information content (AvgIpc) is 2.45. The first kappa shape index (κ1) is 16.9. The summed E-state index contributed by atoms with van der Waals surface area (Å²) in [6, 6.07) is -0.751. The summed E-state index contributed by atoms with van der Waals surface area (Å²) >= 11 is 0. The predicted octanol–water partition coefficient (Wildman–Crippen LogP) is -0.340. The van der Waals surface area contributed by atoms with Crippen LogP contribution in [0.15, 0.2) is 0 Å². The summed E-state index contributed by atoms with van der Waals surface area (Å²) in [6.45, 7) is 6.81. The fraction of sp³-hybridized carbons (Fsp3) is 0.846. The van der Waals surface area contributed by atoms with Crippen LogP contribution in [-0.2, 0) is 9.53 Å². The molecule has 1 atom stereocenters. The molecule has 1 heterocycles. The normalized spacial score (nSPS) is 18.6. The minimum atomic E-state index is -0.439. The van der Waals surface area contributed by atoms with Gasteiger partial charge in [0.25, 0.3) is 0 Å². The lowest BCUT2D eigenvalue weighted by molar-refractivity contribution is -0.125. The molecule has 0 bridgehead atoms. The number of ether oxygens (including phenoxy) is 1. The number of rotatable bonds is 6. The van der Waals surface area contributed by atoms with Crippen molar-refractivity contribution in [3.63, 3.8) is 0 Å². The Bertz CT molecular complexity index is 317. The van der Waals surface area contributed by atoms with Gasteiger partial charge >= 0.3 is 6.03 Å². The number of urea groups is 1. The fourth-order valence-electron chi connectivity index (χ4n) is 2.25. The van der Waals surface area contributed by atoms with Crippen molar-refractivity contribution in [2.75, 3.05) is 32.8 Å². The first-order valence-electron chi connectivity index (χ1n) is 7.22. The smallest absolute Gasteiger partial charge is 0.321 e. The zero-order valence-corrected chi connectivity index (χ0v) is 12.4. The molecule has 3 amide bonds. The Hall–Kier alpha value is -1.18. The number of nitrogens with one attached hydrogen (secondary N) is 2. The number of hydrogen-bond donors (Lipinski definition) is 3. The van der Waals surface area contributed by atoms with E-state index in [4.69, 9.17) is 10.5 Å². The van der Waals surface area contributed by atoms with Crippen LogP contribution in [0, 0.1) is 0 Å². The van der Waals surface area contributed by atoms with Gasteiger partial charge in [0.2, 0.25) is 5.91 Å². The Labute approximate surface area is 120 Å². The third-order valence-corrected chi connectivity index (χ3v) is 3.45. The highest BCUT2D eigenvalue weighted by Crippen LogP contribution is 2.15. The van der Waals surface area contributed by atoms with Crippen LogP contribution in [-0.4, -0.2) is 61.8 Å². The van der Waals surface area contributed by atoms with Crippen LogP contribution in [0.25, 0.3) is 0 Å². The van der Waals surface area contributed by atoms with E-state index in [1.54, 1.807) is 6.92 Å². The maximum atomic E-state index is 11.9. The topological polar surface area (TPSA) is 96.7 Å². The maximum absolute atomic E-state index is 11.9. The van der Waals surface area contributed by atoms with Gasteiger partial charge in [-0.1, -0.05) is 0 Å². The molecule has 1 unspecified atom stereocenters. The van der Waals surface area contributed by atoms with Crippen molar-refractivity contribution in [1.82, 2.24) is 15.5 Å². The molecule has 1 aliphatic rings. The van der Waals surface area contributed by atoms with Gasteiger partial charge in [0.1, 0.15) is 0 Å². The monoisotopic (exact) mass is 286 g/mol. The Morgan fingerprint density at radius 3 is 2.60 bits per heavy atom. The van der Waals surface area contributed by atoms with E-state index >= 15 is 0 Å². The summed E-state index contributed by atoms with van der Waals surface area (Å²) in [5, 5.41) is 4.89. The van der Waals surface area contributed by atoms with E-state index < -0.39 is 6.03 Å². The molecule has 1 aliphatic heterocycles. The fourth-order valence-corrected chi connectivity index (χ4v) is 2.25. The Morgan fingerprint density at radius 2 is 2.05 bits per heavy atom. The van der Waals surface area contributed by atoms with Crippen molar-refractivity contribution in [2.24, 2.45) is 5.73 Å². The zero-order valence-electron chi connectivity index (χ0n) is 12.4. The molecule has 1 rings (SSSR count). The molecule has 7 heteroatoms. The van der Waals surface area contributed by atoms with Crippen molar-refractivity contribution in [1.29, 1.82) is 0 Å². The van der Waals surface area contributed by atoms with E-state index in [1.165, 1.54) is 0 Å². The minimum absolute atomic E-state index is 0.230. The Morgan fingerprint density at radius 1 is 1.40 bits per heavy atom. The highest BCUT2D eigenvalue weighted by Gasteiger charge is 2.27. The van der Waals surface area contributed by atoms with E-state index in [2.05, 4.69) is 15.5 Å². The number of nitrogens with two attached hydrogens (primary N) is 1. The molecule has 116 valence electrons. The minimum Gasteiger partial charge on any atom is -0.377 e. The second-order valence-corrected chi connectivity index (χ2v) is 4.92. The molecule has 1 fully saturated rings. The summed E-state index contributed by atoms with van der Waals surface area (Å²) in [5.74, 6) is -0.266. The number of carbonyl (C=O) groups excluding carboxylic acids is 2. The van der Waals surface area contributed by atoms with E-state index in [0.717, 1.165) is 25.9 Å². The molecule has 0 spiro atoms. The number of imide groups is 1. The molecule has 7 nitrogen and oxygen atoms in total. The first-order chi connectivity index (χ1) is 9.58. The van der Waals surface area contributed by atoms with E-state index in [9.17, 15) is 9.59 Å². The quantitative estimate of drug-likeness (QED) is 0.621. The molecule has 20 heavy (non-hydrogen) atoms. The summed E-state index contributed by atoms with van der Waals surface area (Å²) < 4.78 is 5.60. The SMILES string of the molecule is CCNC(=O)NC(=O)C(C)N1CCC(OCCN)CC1. The van der Waals surface area contributed by atoms with Crippen LogP contribution in [0.3, 0.4) is 0 Å². The molecule has 0 aromatic carbocycles. The predicted molar refractivity (Wildman–Crippen MR) is 76.3 cm³/mol. The number of hydrogen-bond acceptors (Lipinski definition) is 5. The van der Waals surface area contributed by atoms with E-state index in [0.29, 0.717) is 19.7 Å². The van der Waals surface area contributed by atoms with Gasteiger partial charge in [0.05, 0.1) is 18.8 Å². The van der Waals surface area contributed by atoms with Gasteiger partial charge in [-0.2, -0.15) is 0 Å². The zero-order chi connectivity index (χ0) is 15.0. The third-order valence-electron chi connectivity index (χ3n) is 3.45. The van der Waals surface area contributed by atoms with E-state index in [1.807, 2.05) is 6.92 Å². The molecule has 0 radical (unpaired) electrons. The molecule has 0 saturated carbocycles. The third kappa shape index (κ3) is 5.44. The van der Waals surface area contributed by atoms with Crippen molar-refractivity contribution < 1.29 is 14.3 Å². The molecular weight excluding hydrogens is 260 g/mol. The number of likely N-dealkylation sites (tertiary alicyclic amines) is 1. The molecule has 1 saturated heterocycles. The van der Waals surface area contributed by atoms with Crippen molar-refractivity contribution >= 4 is 11.9 Å². The molecule has 0 aliphatic carbocycles. The lowest BCUT2D eigenvalue weighted by Gasteiger charge is -2.35. The summed E-state index contributed by atoms with van der Waals surface area (Å²) in [6.07, 6.45) is 2.01. The number of nitrogens with zero attached hydrogens (tertiary/aromatic N) is 1. The number of carbonyl (C=O) groups is 2. The van der Waals surface area contributed by atoms with Crippen molar-refractivity contribution in [3.8, 4) is 0 Å².